The maximum Gasteiger partial charge on any atom is 0.289 e. The number of halogens is 1. The van der Waals surface area contributed by atoms with Gasteiger partial charge in [0.25, 0.3) is 5.91 Å². The zero-order valence-corrected chi connectivity index (χ0v) is 17.6. The van der Waals surface area contributed by atoms with Crippen LogP contribution < -0.4 is 5.32 Å². The number of hydrogen-bond donors (Lipinski definition) is 1. The Morgan fingerprint density at radius 3 is 2.58 bits per heavy atom. The highest BCUT2D eigenvalue weighted by atomic mass is 19.1. The summed E-state index contributed by atoms with van der Waals surface area (Å²) in [7, 11) is 0. The zero-order chi connectivity index (χ0) is 21.5. The van der Waals surface area contributed by atoms with Crippen molar-refractivity contribution in [3.63, 3.8) is 0 Å². The van der Waals surface area contributed by atoms with Crippen LogP contribution in [0.5, 0.6) is 0 Å². The molecule has 5 rings (SSSR count). The normalized spacial score (nSPS) is 25.4. The Balaban J connectivity index is 1.27. The van der Waals surface area contributed by atoms with Gasteiger partial charge in [0, 0.05) is 45.2 Å². The average Bonchev–Trinajstić information content (AvgIpc) is 3.20. The molecule has 2 fully saturated rings. The lowest BCUT2D eigenvalue weighted by molar-refractivity contribution is -0.143. The lowest BCUT2D eigenvalue weighted by atomic mass is 9.75. The highest BCUT2D eigenvalue weighted by Gasteiger charge is 2.41. The van der Waals surface area contributed by atoms with Gasteiger partial charge in [0.2, 0.25) is 11.7 Å². The van der Waals surface area contributed by atoms with Crippen LogP contribution in [0.25, 0.3) is 0 Å². The Morgan fingerprint density at radius 1 is 1.10 bits per heavy atom. The molecule has 3 aliphatic rings. The van der Waals surface area contributed by atoms with Gasteiger partial charge in [-0.15, -0.1) is 10.2 Å². The number of rotatable bonds is 4. The third-order valence-electron chi connectivity index (χ3n) is 6.78. The second kappa shape index (κ2) is 8.03. The quantitative estimate of drug-likeness (QED) is 0.803. The molecule has 1 atom stereocenters. The van der Waals surface area contributed by atoms with E-state index in [1.54, 1.807) is 12.1 Å². The van der Waals surface area contributed by atoms with E-state index < -0.39 is 0 Å². The highest BCUT2D eigenvalue weighted by Crippen LogP contribution is 2.36. The fraction of sp³-hybridized carbons (Fsp3) is 0.545. The summed E-state index contributed by atoms with van der Waals surface area (Å²) in [5.74, 6) is 1.49. The van der Waals surface area contributed by atoms with Crippen LogP contribution in [0.3, 0.4) is 0 Å². The standard InChI is InChI=1S/C22H27FN6O2/c1-14-10-16(11-14)22(31)28-7-6-27-8-9-29-19(18(27)13-28)25-26-20(29)21(30)24-12-15-2-4-17(23)5-3-15/h2-5,14,16,18H,6-13H2,1H3,(H,24,30). The minimum atomic E-state index is -0.307. The van der Waals surface area contributed by atoms with Crippen LogP contribution in [-0.4, -0.2) is 62.6 Å². The lowest BCUT2D eigenvalue weighted by Crippen LogP contribution is -2.55. The van der Waals surface area contributed by atoms with Crippen LogP contribution in [0.1, 0.15) is 47.8 Å². The van der Waals surface area contributed by atoms with E-state index in [2.05, 4.69) is 27.3 Å². The average molecular weight is 426 g/mol. The predicted molar refractivity (Wildman–Crippen MR) is 110 cm³/mol. The number of amides is 2. The Hall–Kier alpha value is -2.81. The van der Waals surface area contributed by atoms with Crippen LogP contribution in [0, 0.1) is 17.7 Å². The van der Waals surface area contributed by atoms with Gasteiger partial charge in [0.1, 0.15) is 5.82 Å². The summed E-state index contributed by atoms with van der Waals surface area (Å²) >= 11 is 0. The van der Waals surface area contributed by atoms with Crippen molar-refractivity contribution in [3.8, 4) is 0 Å². The summed E-state index contributed by atoms with van der Waals surface area (Å²) < 4.78 is 14.9. The molecule has 1 saturated heterocycles. The monoisotopic (exact) mass is 426 g/mol. The van der Waals surface area contributed by atoms with Crippen LogP contribution in [0.4, 0.5) is 4.39 Å². The summed E-state index contributed by atoms with van der Waals surface area (Å²) in [6, 6.07) is 5.99. The van der Waals surface area contributed by atoms with Crippen LogP contribution in [-0.2, 0) is 17.9 Å². The van der Waals surface area contributed by atoms with Crippen LogP contribution in [0.2, 0.25) is 0 Å². The summed E-state index contributed by atoms with van der Waals surface area (Å²) in [6.45, 7) is 6.09. The number of aromatic nitrogens is 3. The first-order chi connectivity index (χ1) is 15.0. The molecule has 164 valence electrons. The number of nitrogens with zero attached hydrogens (tertiary/aromatic N) is 5. The number of carbonyl (C=O) groups is 2. The van der Waals surface area contributed by atoms with Crippen molar-refractivity contribution in [1.82, 2.24) is 29.9 Å². The molecule has 2 amide bonds. The van der Waals surface area contributed by atoms with Gasteiger partial charge in [-0.25, -0.2) is 4.39 Å². The van der Waals surface area contributed by atoms with Gasteiger partial charge in [-0.2, -0.15) is 0 Å². The highest BCUT2D eigenvalue weighted by molar-refractivity contribution is 5.90. The van der Waals surface area contributed by atoms with Crippen molar-refractivity contribution in [2.24, 2.45) is 11.8 Å². The fourth-order valence-corrected chi connectivity index (χ4v) is 4.94. The first-order valence-electron chi connectivity index (χ1n) is 11.0. The minimum Gasteiger partial charge on any atom is -0.345 e. The van der Waals surface area contributed by atoms with Crippen molar-refractivity contribution in [2.75, 3.05) is 26.2 Å². The van der Waals surface area contributed by atoms with E-state index in [9.17, 15) is 14.0 Å². The van der Waals surface area contributed by atoms with Crippen molar-refractivity contribution in [1.29, 1.82) is 0 Å². The number of nitrogens with one attached hydrogen (secondary N) is 1. The molecule has 1 N–H and O–H groups in total. The van der Waals surface area contributed by atoms with Crippen molar-refractivity contribution in [3.05, 3.63) is 47.3 Å². The molecule has 8 nitrogen and oxygen atoms in total. The fourth-order valence-electron chi connectivity index (χ4n) is 4.94. The molecule has 1 aliphatic carbocycles. The second-order valence-corrected chi connectivity index (χ2v) is 8.95. The number of piperazine rings is 1. The van der Waals surface area contributed by atoms with Gasteiger partial charge in [0.15, 0.2) is 5.82 Å². The smallest absolute Gasteiger partial charge is 0.289 e. The van der Waals surface area contributed by atoms with Crippen LogP contribution >= 0.6 is 0 Å². The van der Waals surface area contributed by atoms with Crippen LogP contribution in [0.15, 0.2) is 24.3 Å². The zero-order valence-electron chi connectivity index (χ0n) is 17.6. The summed E-state index contributed by atoms with van der Waals surface area (Å²) in [5, 5.41) is 11.3. The molecule has 31 heavy (non-hydrogen) atoms. The number of fused-ring (bicyclic) bond motifs is 3. The van der Waals surface area contributed by atoms with E-state index in [0.717, 1.165) is 43.9 Å². The number of carbonyl (C=O) groups excluding carboxylic acids is 2. The molecule has 1 saturated carbocycles. The molecule has 0 spiro atoms. The predicted octanol–water partition coefficient (Wildman–Crippen LogP) is 1.59. The Morgan fingerprint density at radius 2 is 1.84 bits per heavy atom. The maximum absolute atomic E-state index is 13.1. The second-order valence-electron chi connectivity index (χ2n) is 8.95. The van der Waals surface area contributed by atoms with E-state index in [0.29, 0.717) is 25.6 Å². The number of benzene rings is 1. The summed E-state index contributed by atoms with van der Waals surface area (Å²) in [6.07, 6.45) is 1.97. The van der Waals surface area contributed by atoms with Crippen molar-refractivity contribution in [2.45, 2.75) is 38.9 Å². The lowest BCUT2D eigenvalue weighted by Gasteiger charge is -2.45. The molecular formula is C22H27FN6O2. The first kappa shape index (κ1) is 20.1. The largest absolute Gasteiger partial charge is 0.345 e. The molecule has 1 aromatic heterocycles. The summed E-state index contributed by atoms with van der Waals surface area (Å²) in [4.78, 5) is 29.9. The van der Waals surface area contributed by atoms with Gasteiger partial charge >= 0.3 is 0 Å². The van der Waals surface area contributed by atoms with Gasteiger partial charge in [-0.1, -0.05) is 19.1 Å². The topological polar surface area (TPSA) is 83.4 Å². The Bertz CT molecular complexity index is 984. The number of hydrogen-bond acceptors (Lipinski definition) is 5. The molecule has 1 unspecified atom stereocenters. The third-order valence-corrected chi connectivity index (χ3v) is 6.78. The van der Waals surface area contributed by atoms with Gasteiger partial charge in [-0.05, 0) is 36.5 Å². The molecule has 0 bridgehead atoms. The van der Waals surface area contributed by atoms with Gasteiger partial charge < -0.3 is 14.8 Å². The van der Waals surface area contributed by atoms with Gasteiger partial charge in [-0.3, -0.25) is 14.5 Å². The van der Waals surface area contributed by atoms with Crippen molar-refractivity contribution < 1.29 is 14.0 Å². The van der Waals surface area contributed by atoms with E-state index in [-0.39, 0.29) is 35.4 Å². The molecule has 3 heterocycles. The van der Waals surface area contributed by atoms with Crippen molar-refractivity contribution >= 4 is 11.8 Å². The van der Waals surface area contributed by atoms with E-state index in [4.69, 9.17) is 0 Å². The molecule has 2 aromatic rings. The molecule has 1 aromatic carbocycles. The first-order valence-corrected chi connectivity index (χ1v) is 11.0. The molecule has 0 radical (unpaired) electrons. The van der Waals surface area contributed by atoms with Gasteiger partial charge in [0.05, 0.1) is 6.04 Å². The third kappa shape index (κ3) is 3.82. The maximum atomic E-state index is 13.1. The van der Waals surface area contributed by atoms with E-state index in [1.807, 2.05) is 9.47 Å². The Labute approximate surface area is 180 Å². The summed E-state index contributed by atoms with van der Waals surface area (Å²) in [5.41, 5.74) is 0.811. The Kier molecular flexibility index (Phi) is 5.21. The minimum absolute atomic E-state index is 0.0323. The molecular weight excluding hydrogens is 399 g/mol. The molecule has 2 aliphatic heterocycles. The SMILES string of the molecule is CC1CC(C(=O)N2CCN3CCn4c(C(=O)NCc5ccc(F)cc5)nnc4C3C2)C1. The van der Waals surface area contributed by atoms with E-state index >= 15 is 0 Å². The molecule has 9 heteroatoms. The van der Waals surface area contributed by atoms with E-state index in [1.165, 1.54) is 12.1 Å².